The molecule has 1 aromatic heterocycles. The van der Waals surface area contributed by atoms with Crippen LogP contribution in [-0.2, 0) is 0 Å². The number of aromatic nitrogens is 1. The number of Topliss-reactive ketones (excluding diaryl/α,β-unsaturated/α-hetero) is 1. The molecule has 3 nitrogen and oxygen atoms in total. The van der Waals surface area contributed by atoms with Crippen molar-refractivity contribution in [1.82, 2.24) is 4.98 Å². The Hall–Kier alpha value is -1.12. The van der Waals surface area contributed by atoms with E-state index < -0.39 is 0 Å². The molecule has 48 valence electrons. The van der Waals surface area contributed by atoms with Crippen LogP contribution in [0, 0.1) is 6.92 Å². The van der Waals surface area contributed by atoms with Crippen LogP contribution in [0.2, 0.25) is 0 Å². The van der Waals surface area contributed by atoms with E-state index in [4.69, 9.17) is 4.42 Å². The molecule has 1 aromatic rings. The Morgan fingerprint density at radius 1 is 1.78 bits per heavy atom. The molecule has 0 aromatic carbocycles. The Morgan fingerprint density at radius 3 is 2.67 bits per heavy atom. The van der Waals surface area contributed by atoms with Gasteiger partial charge in [-0.3, -0.25) is 4.79 Å². The summed E-state index contributed by atoms with van der Waals surface area (Å²) in [6.45, 7) is 3.17. The van der Waals surface area contributed by atoms with E-state index in [-0.39, 0.29) is 11.7 Å². The molecule has 1 rings (SSSR count). The Morgan fingerprint density at radius 2 is 2.44 bits per heavy atom. The number of hydrogen-bond acceptors (Lipinski definition) is 3. The van der Waals surface area contributed by atoms with E-state index in [0.29, 0.717) is 5.76 Å². The molecule has 0 fully saturated rings. The highest BCUT2D eigenvalue weighted by molar-refractivity contribution is 5.89. The quantitative estimate of drug-likeness (QED) is 0.529. The van der Waals surface area contributed by atoms with Gasteiger partial charge < -0.3 is 4.42 Å². The number of nitrogens with zero attached hydrogens (tertiary/aromatic N) is 1. The molecule has 0 amide bonds. The molecular formula is C6H7NO2. The second-order valence-corrected chi connectivity index (χ2v) is 1.83. The van der Waals surface area contributed by atoms with Crippen molar-refractivity contribution in [2.75, 3.05) is 0 Å². The molecular weight excluding hydrogens is 118 g/mol. The predicted molar refractivity (Wildman–Crippen MR) is 31.2 cm³/mol. The summed E-state index contributed by atoms with van der Waals surface area (Å²) in [7, 11) is 0. The van der Waals surface area contributed by atoms with Crippen molar-refractivity contribution in [3.05, 3.63) is 17.8 Å². The number of hydrogen-bond donors (Lipinski definition) is 0. The van der Waals surface area contributed by atoms with Crippen molar-refractivity contribution >= 4 is 5.78 Å². The van der Waals surface area contributed by atoms with Crippen LogP contribution in [-0.4, -0.2) is 10.8 Å². The Balaban J connectivity index is 2.98. The molecule has 0 atom stereocenters. The van der Waals surface area contributed by atoms with Crippen LogP contribution in [0.3, 0.4) is 0 Å². The molecule has 9 heavy (non-hydrogen) atoms. The highest BCUT2D eigenvalue weighted by Gasteiger charge is 2.03. The van der Waals surface area contributed by atoms with E-state index in [1.54, 1.807) is 6.92 Å². The van der Waals surface area contributed by atoms with E-state index in [9.17, 15) is 4.79 Å². The first-order chi connectivity index (χ1) is 4.20. The average Bonchev–Trinajstić information content (AvgIpc) is 2.14. The van der Waals surface area contributed by atoms with Crippen LogP contribution in [0.4, 0.5) is 0 Å². The van der Waals surface area contributed by atoms with Crippen molar-refractivity contribution in [2.45, 2.75) is 13.8 Å². The second-order valence-electron chi connectivity index (χ2n) is 1.83. The fourth-order valence-electron chi connectivity index (χ4n) is 0.517. The molecule has 0 N–H and O–H groups in total. The van der Waals surface area contributed by atoms with E-state index in [0.717, 1.165) is 0 Å². The highest BCUT2D eigenvalue weighted by Crippen LogP contribution is 2.00. The van der Waals surface area contributed by atoms with Crippen molar-refractivity contribution < 1.29 is 9.21 Å². The number of aryl methyl sites for hydroxylation is 1. The summed E-state index contributed by atoms with van der Waals surface area (Å²) < 4.78 is 4.88. The number of carbonyl (C=O) groups excluding carboxylic acids is 1. The molecule has 0 bridgehead atoms. The van der Waals surface area contributed by atoms with Crippen molar-refractivity contribution in [3.63, 3.8) is 0 Å². The first-order valence-corrected chi connectivity index (χ1v) is 2.63. The lowest BCUT2D eigenvalue weighted by molar-refractivity contribution is 0.0979. The van der Waals surface area contributed by atoms with Crippen LogP contribution in [0.15, 0.2) is 10.6 Å². The topological polar surface area (TPSA) is 43.1 Å². The van der Waals surface area contributed by atoms with Gasteiger partial charge in [0.05, 0.1) is 6.20 Å². The van der Waals surface area contributed by atoms with Gasteiger partial charge in [0, 0.05) is 6.92 Å². The molecule has 3 heteroatoms. The van der Waals surface area contributed by atoms with E-state index in [1.807, 2.05) is 0 Å². The van der Waals surface area contributed by atoms with E-state index in [1.165, 1.54) is 13.1 Å². The number of oxazole rings is 1. The van der Waals surface area contributed by atoms with Gasteiger partial charge in [0.25, 0.3) is 5.89 Å². The van der Waals surface area contributed by atoms with Crippen LogP contribution in [0.1, 0.15) is 23.4 Å². The summed E-state index contributed by atoms with van der Waals surface area (Å²) in [5.74, 6) is 0.718. The van der Waals surface area contributed by atoms with Crippen LogP contribution >= 0.6 is 0 Å². The Labute approximate surface area is 52.7 Å². The fourth-order valence-corrected chi connectivity index (χ4v) is 0.517. The third-order valence-corrected chi connectivity index (χ3v) is 0.922. The first-order valence-electron chi connectivity index (χ1n) is 2.63. The van der Waals surface area contributed by atoms with Crippen molar-refractivity contribution in [3.8, 4) is 0 Å². The zero-order chi connectivity index (χ0) is 6.85. The lowest BCUT2D eigenvalue weighted by Crippen LogP contribution is -1.89. The molecule has 0 aliphatic rings. The summed E-state index contributed by atoms with van der Waals surface area (Å²) in [6.07, 6.45) is 1.52. The van der Waals surface area contributed by atoms with Crippen LogP contribution in [0.25, 0.3) is 0 Å². The molecule has 0 spiro atoms. The van der Waals surface area contributed by atoms with Crippen LogP contribution in [0.5, 0.6) is 0 Å². The fraction of sp³-hybridized carbons (Fsp3) is 0.333. The van der Waals surface area contributed by atoms with Gasteiger partial charge in [-0.05, 0) is 6.92 Å². The van der Waals surface area contributed by atoms with Crippen LogP contribution < -0.4 is 0 Å². The molecule has 0 aliphatic heterocycles. The largest absolute Gasteiger partial charge is 0.439 e. The summed E-state index contributed by atoms with van der Waals surface area (Å²) in [5.41, 5.74) is 0. The summed E-state index contributed by atoms with van der Waals surface area (Å²) in [6, 6.07) is 0. The molecule has 0 aliphatic carbocycles. The minimum Gasteiger partial charge on any atom is -0.439 e. The van der Waals surface area contributed by atoms with E-state index >= 15 is 0 Å². The normalized spacial score (nSPS) is 9.56. The third kappa shape index (κ3) is 1.16. The minimum atomic E-state index is -0.136. The first kappa shape index (κ1) is 6.01. The lowest BCUT2D eigenvalue weighted by atomic mass is 10.5. The van der Waals surface area contributed by atoms with Crippen molar-refractivity contribution in [2.24, 2.45) is 0 Å². The lowest BCUT2D eigenvalue weighted by Gasteiger charge is -1.80. The highest BCUT2D eigenvalue weighted by atomic mass is 16.4. The standard InChI is InChI=1S/C6H7NO2/c1-4-3-7-6(9-4)5(2)8/h3H,1-2H3. The van der Waals surface area contributed by atoms with Gasteiger partial charge in [0.2, 0.25) is 5.78 Å². The van der Waals surface area contributed by atoms with Gasteiger partial charge in [-0.25, -0.2) is 4.98 Å². The van der Waals surface area contributed by atoms with Gasteiger partial charge in [0.1, 0.15) is 5.76 Å². The third-order valence-electron chi connectivity index (χ3n) is 0.922. The zero-order valence-corrected chi connectivity index (χ0v) is 5.34. The second kappa shape index (κ2) is 2.01. The summed E-state index contributed by atoms with van der Waals surface area (Å²) >= 11 is 0. The smallest absolute Gasteiger partial charge is 0.262 e. The SMILES string of the molecule is CC(=O)c1ncc(C)o1. The molecule has 1 heterocycles. The number of rotatable bonds is 1. The maximum atomic E-state index is 10.5. The Bertz CT molecular complexity index is 227. The number of carbonyl (C=O) groups is 1. The van der Waals surface area contributed by atoms with Crippen molar-refractivity contribution in [1.29, 1.82) is 0 Å². The van der Waals surface area contributed by atoms with Gasteiger partial charge in [-0.1, -0.05) is 0 Å². The molecule has 0 radical (unpaired) electrons. The Kier molecular flexibility index (Phi) is 1.34. The van der Waals surface area contributed by atoms with Gasteiger partial charge >= 0.3 is 0 Å². The van der Waals surface area contributed by atoms with Gasteiger partial charge in [-0.15, -0.1) is 0 Å². The molecule has 0 unspecified atom stereocenters. The minimum absolute atomic E-state index is 0.136. The van der Waals surface area contributed by atoms with Gasteiger partial charge in [-0.2, -0.15) is 0 Å². The summed E-state index contributed by atoms with van der Waals surface area (Å²) in [4.78, 5) is 14.2. The zero-order valence-electron chi connectivity index (χ0n) is 5.34. The molecule has 0 saturated carbocycles. The van der Waals surface area contributed by atoms with E-state index in [2.05, 4.69) is 4.98 Å². The maximum absolute atomic E-state index is 10.5. The summed E-state index contributed by atoms with van der Waals surface area (Å²) in [5, 5.41) is 0. The van der Waals surface area contributed by atoms with Gasteiger partial charge in [0.15, 0.2) is 0 Å². The number of ketones is 1. The predicted octanol–water partition coefficient (Wildman–Crippen LogP) is 1.19. The maximum Gasteiger partial charge on any atom is 0.262 e. The monoisotopic (exact) mass is 125 g/mol. The molecule has 0 saturated heterocycles. The average molecular weight is 125 g/mol.